The maximum absolute atomic E-state index is 11.9. The second kappa shape index (κ2) is 7.75. The molecule has 160 valence electrons. The van der Waals surface area contributed by atoms with Crippen molar-refractivity contribution >= 4 is 28.6 Å². The maximum atomic E-state index is 11.9. The van der Waals surface area contributed by atoms with Gasteiger partial charge in [-0.1, -0.05) is 41.9 Å². The van der Waals surface area contributed by atoms with Gasteiger partial charge in [-0.15, -0.1) is 0 Å². The Labute approximate surface area is 187 Å². The quantitative estimate of drug-likeness (QED) is 0.439. The summed E-state index contributed by atoms with van der Waals surface area (Å²) in [4.78, 5) is 25.5. The average molecular weight is 447 g/mol. The maximum Gasteiger partial charge on any atom is 0.267 e. The zero-order valence-electron chi connectivity index (χ0n) is 17.0. The molecule has 0 radical (unpaired) electrons. The van der Waals surface area contributed by atoms with Crippen LogP contribution in [-0.2, 0) is 5.54 Å². The molecule has 4 heterocycles. The lowest BCUT2D eigenvalue weighted by atomic mass is 9.82. The van der Waals surface area contributed by atoms with Crippen LogP contribution in [0.5, 0.6) is 0 Å². The minimum Gasteiger partial charge on any atom is -0.341 e. The first kappa shape index (κ1) is 20.2. The molecule has 0 bridgehead atoms. The molecule has 10 heteroatoms. The molecule has 0 aliphatic carbocycles. The number of halogens is 1. The lowest BCUT2D eigenvalue weighted by molar-refractivity contribution is 0.340. The van der Waals surface area contributed by atoms with E-state index in [0.717, 1.165) is 18.4 Å². The molecule has 32 heavy (non-hydrogen) atoms. The predicted octanol–water partition coefficient (Wildman–Crippen LogP) is 2.69. The van der Waals surface area contributed by atoms with Crippen LogP contribution >= 0.6 is 11.6 Å². The van der Waals surface area contributed by atoms with Crippen LogP contribution in [-0.4, -0.2) is 38.2 Å². The number of nitrogens with one attached hydrogen (secondary N) is 2. The normalized spacial score (nSPS) is 15.6. The van der Waals surface area contributed by atoms with E-state index in [4.69, 9.17) is 17.3 Å². The van der Waals surface area contributed by atoms with Crippen molar-refractivity contribution < 1.29 is 0 Å². The number of aromatic nitrogens is 5. The average Bonchev–Trinajstić information content (AvgIpc) is 3.25. The summed E-state index contributed by atoms with van der Waals surface area (Å²) in [6, 6.07) is 13.8. The highest BCUT2D eigenvalue weighted by Crippen LogP contribution is 2.34. The largest absolute Gasteiger partial charge is 0.341 e. The smallest absolute Gasteiger partial charge is 0.267 e. The third-order valence-electron chi connectivity index (χ3n) is 5.96. The summed E-state index contributed by atoms with van der Waals surface area (Å²) in [5, 5.41) is 17.3. The molecule has 0 saturated carbocycles. The monoisotopic (exact) mass is 446 g/mol. The predicted molar refractivity (Wildman–Crippen MR) is 121 cm³/mol. The first-order chi connectivity index (χ1) is 15.5. The van der Waals surface area contributed by atoms with Gasteiger partial charge in [-0.2, -0.15) is 15.3 Å². The molecule has 4 aromatic rings. The van der Waals surface area contributed by atoms with Gasteiger partial charge in [-0.3, -0.25) is 9.89 Å². The van der Waals surface area contributed by atoms with E-state index in [1.54, 1.807) is 6.07 Å². The van der Waals surface area contributed by atoms with E-state index in [0.29, 0.717) is 41.3 Å². The van der Waals surface area contributed by atoms with Crippen LogP contribution in [0.3, 0.4) is 0 Å². The number of piperidine rings is 1. The number of fused-ring (bicyclic) bond motifs is 1. The molecule has 1 aromatic carbocycles. The van der Waals surface area contributed by atoms with Crippen LogP contribution in [0.25, 0.3) is 22.3 Å². The van der Waals surface area contributed by atoms with Gasteiger partial charge in [-0.05, 0) is 24.5 Å². The van der Waals surface area contributed by atoms with Crippen molar-refractivity contribution in [2.45, 2.75) is 18.4 Å². The second-order valence-corrected chi connectivity index (χ2v) is 8.20. The summed E-state index contributed by atoms with van der Waals surface area (Å²) in [6.07, 6.45) is 2.94. The van der Waals surface area contributed by atoms with E-state index in [2.05, 4.69) is 43.4 Å². The van der Waals surface area contributed by atoms with Gasteiger partial charge < -0.3 is 15.6 Å². The van der Waals surface area contributed by atoms with Gasteiger partial charge in [0.1, 0.15) is 11.1 Å². The van der Waals surface area contributed by atoms with E-state index >= 15 is 0 Å². The first-order valence-electron chi connectivity index (χ1n) is 10.1. The number of hydrogen-bond donors (Lipinski definition) is 3. The Hall–Kier alpha value is -3.74. The number of anilines is 1. The first-order valence-corrected chi connectivity index (χ1v) is 10.5. The summed E-state index contributed by atoms with van der Waals surface area (Å²) in [5.41, 5.74) is 8.32. The number of nitriles is 1. The van der Waals surface area contributed by atoms with Gasteiger partial charge in [0.15, 0.2) is 11.3 Å². The Morgan fingerprint density at radius 3 is 2.62 bits per heavy atom. The molecule has 0 amide bonds. The summed E-state index contributed by atoms with van der Waals surface area (Å²) in [5.74, 6) is 0.430. The van der Waals surface area contributed by atoms with Crippen LogP contribution in [0.15, 0.2) is 47.4 Å². The minimum absolute atomic E-state index is 0.00208. The molecule has 1 fully saturated rings. The third-order valence-corrected chi connectivity index (χ3v) is 6.34. The number of benzene rings is 1. The van der Waals surface area contributed by atoms with Crippen molar-refractivity contribution in [2.24, 2.45) is 5.73 Å². The van der Waals surface area contributed by atoms with Crippen molar-refractivity contribution in [1.82, 2.24) is 25.1 Å². The topological polar surface area (TPSA) is 140 Å². The van der Waals surface area contributed by atoms with Gasteiger partial charge in [0.2, 0.25) is 5.95 Å². The van der Waals surface area contributed by atoms with Crippen molar-refractivity contribution in [3.63, 3.8) is 0 Å². The van der Waals surface area contributed by atoms with Crippen LogP contribution in [0.4, 0.5) is 5.95 Å². The van der Waals surface area contributed by atoms with Crippen molar-refractivity contribution in [3.8, 4) is 17.3 Å². The van der Waals surface area contributed by atoms with E-state index in [1.807, 2.05) is 23.1 Å². The molecule has 0 spiro atoms. The highest BCUT2D eigenvalue weighted by Gasteiger charge is 2.33. The van der Waals surface area contributed by atoms with E-state index in [-0.39, 0.29) is 10.7 Å². The standard InChI is InChI=1S/C22H19ClN8O/c23-17-14(6-9-26-20(17)32)18-16-15(12-24)27-21(28-19(16)30-29-18)31-10-7-22(25,8-11-31)13-4-2-1-3-5-13/h1-6,9H,7-8,10-11,25H2,(H,26,32)(H,27,28,29,30). The number of aromatic amines is 2. The summed E-state index contributed by atoms with van der Waals surface area (Å²) in [6.45, 7) is 1.30. The summed E-state index contributed by atoms with van der Waals surface area (Å²) >= 11 is 6.18. The fourth-order valence-corrected chi connectivity index (χ4v) is 4.36. The molecule has 9 nitrogen and oxygen atoms in total. The lowest BCUT2D eigenvalue weighted by Gasteiger charge is -2.39. The molecule has 5 rings (SSSR count). The Kier molecular flexibility index (Phi) is 4.89. The third kappa shape index (κ3) is 3.30. The van der Waals surface area contributed by atoms with Crippen molar-refractivity contribution in [3.05, 3.63) is 69.2 Å². The summed E-state index contributed by atoms with van der Waals surface area (Å²) in [7, 11) is 0. The number of nitrogens with two attached hydrogens (primary N) is 1. The van der Waals surface area contributed by atoms with Gasteiger partial charge in [0.25, 0.3) is 5.56 Å². The van der Waals surface area contributed by atoms with E-state index in [9.17, 15) is 10.1 Å². The minimum atomic E-state index is -0.431. The highest BCUT2D eigenvalue weighted by atomic mass is 35.5. The zero-order chi connectivity index (χ0) is 22.3. The molecule has 0 atom stereocenters. The second-order valence-electron chi connectivity index (χ2n) is 7.82. The lowest BCUT2D eigenvalue weighted by Crippen LogP contribution is -2.48. The van der Waals surface area contributed by atoms with E-state index < -0.39 is 11.1 Å². The number of pyridine rings is 1. The van der Waals surface area contributed by atoms with Gasteiger partial charge in [-0.25, -0.2) is 4.98 Å². The number of nitrogens with zero attached hydrogens (tertiary/aromatic N) is 5. The Balaban J connectivity index is 1.49. The number of rotatable bonds is 3. The number of H-pyrrole nitrogens is 2. The fraction of sp³-hybridized carbons (Fsp3) is 0.227. The Morgan fingerprint density at radius 2 is 1.91 bits per heavy atom. The molecular formula is C22H19ClN8O. The van der Waals surface area contributed by atoms with Gasteiger partial charge in [0.05, 0.1) is 11.1 Å². The SMILES string of the molecule is N#Cc1nc(N2CCC(N)(c3ccccc3)CC2)nc2n[nH]c(-c3cc[nH]c(=O)c3Cl)c12. The highest BCUT2D eigenvalue weighted by molar-refractivity contribution is 6.33. The van der Waals surface area contributed by atoms with Crippen molar-refractivity contribution in [2.75, 3.05) is 18.0 Å². The Morgan fingerprint density at radius 1 is 1.16 bits per heavy atom. The zero-order valence-corrected chi connectivity index (χ0v) is 17.7. The molecule has 1 aliphatic rings. The molecule has 0 unspecified atom stereocenters. The van der Waals surface area contributed by atoms with Crippen LogP contribution in [0.1, 0.15) is 24.1 Å². The molecular weight excluding hydrogens is 428 g/mol. The molecule has 4 N–H and O–H groups in total. The molecule has 1 saturated heterocycles. The summed E-state index contributed by atoms with van der Waals surface area (Å²) < 4.78 is 0. The van der Waals surface area contributed by atoms with Gasteiger partial charge in [0, 0.05) is 30.4 Å². The Bertz CT molecular complexity index is 1400. The van der Waals surface area contributed by atoms with Gasteiger partial charge >= 0.3 is 0 Å². The fourth-order valence-electron chi connectivity index (χ4n) is 4.15. The van der Waals surface area contributed by atoms with Crippen LogP contribution in [0, 0.1) is 11.3 Å². The van der Waals surface area contributed by atoms with Crippen LogP contribution in [0.2, 0.25) is 5.02 Å². The molecule has 1 aliphatic heterocycles. The van der Waals surface area contributed by atoms with Crippen molar-refractivity contribution in [1.29, 1.82) is 5.26 Å². The van der Waals surface area contributed by atoms with Crippen LogP contribution < -0.4 is 16.2 Å². The molecule has 3 aromatic heterocycles. The number of hydrogen-bond acceptors (Lipinski definition) is 7. The van der Waals surface area contributed by atoms with E-state index in [1.165, 1.54) is 6.20 Å².